The number of hydrogen-bond acceptors (Lipinski definition) is 9. The molecule has 0 fully saturated rings. The third-order valence-electron chi connectivity index (χ3n) is 4.86. The van der Waals surface area contributed by atoms with Crippen molar-refractivity contribution in [3.05, 3.63) is 23.8 Å². The molecule has 0 radical (unpaired) electrons. The first-order chi connectivity index (χ1) is 15.1. The molecule has 2 rings (SSSR count). The number of aliphatic imine (C=N–C) groups is 1. The van der Waals surface area contributed by atoms with Crippen LogP contribution in [0.5, 0.6) is 0 Å². The molecule has 1 heterocycles. The number of aryl methyl sites for hydroxylation is 1. The van der Waals surface area contributed by atoms with Gasteiger partial charge in [0, 0.05) is 19.9 Å². The van der Waals surface area contributed by atoms with E-state index in [0.29, 0.717) is 11.4 Å². The zero-order valence-electron chi connectivity index (χ0n) is 19.1. The highest BCUT2D eigenvalue weighted by Crippen LogP contribution is 2.55. The Hall–Kier alpha value is -2.55. The summed E-state index contributed by atoms with van der Waals surface area (Å²) in [5.74, 6) is -2.48. The molecule has 0 spiro atoms. The molecule has 0 saturated carbocycles. The van der Waals surface area contributed by atoms with Crippen LogP contribution in [-0.4, -0.2) is 62.7 Å². The molecule has 0 bridgehead atoms. The molecule has 0 unspecified atom stereocenters. The summed E-state index contributed by atoms with van der Waals surface area (Å²) in [7, 11) is -2.08. The Kier molecular flexibility index (Phi) is 8.72. The lowest BCUT2D eigenvalue weighted by molar-refractivity contribution is -0.152. The van der Waals surface area contributed by atoms with Gasteiger partial charge in [-0.1, -0.05) is 6.07 Å². The molecule has 176 valence electrons. The van der Waals surface area contributed by atoms with Crippen LogP contribution in [0.1, 0.15) is 32.8 Å². The third kappa shape index (κ3) is 5.26. The number of anilines is 1. The van der Waals surface area contributed by atoms with Gasteiger partial charge >= 0.3 is 19.5 Å². The summed E-state index contributed by atoms with van der Waals surface area (Å²) in [5.41, 5.74) is 0.207. The number of carbonyl (C=O) groups is 3. The molecule has 0 aromatic heterocycles. The van der Waals surface area contributed by atoms with Gasteiger partial charge in [0.1, 0.15) is 0 Å². The van der Waals surface area contributed by atoms with Crippen molar-refractivity contribution < 1.29 is 37.5 Å². The van der Waals surface area contributed by atoms with Crippen LogP contribution in [0, 0.1) is 6.92 Å². The van der Waals surface area contributed by atoms with Gasteiger partial charge in [0.25, 0.3) is 0 Å². The molecule has 0 aliphatic carbocycles. The van der Waals surface area contributed by atoms with Gasteiger partial charge in [-0.3, -0.25) is 24.0 Å². The van der Waals surface area contributed by atoms with Crippen LogP contribution in [0.2, 0.25) is 0 Å². The van der Waals surface area contributed by atoms with Gasteiger partial charge in [-0.25, -0.2) is 4.79 Å². The van der Waals surface area contributed by atoms with Gasteiger partial charge in [0.05, 0.1) is 31.0 Å². The minimum Gasteiger partial charge on any atom is -0.465 e. The maximum Gasteiger partial charge on any atom is 0.347 e. The van der Waals surface area contributed by atoms with Crippen molar-refractivity contribution in [2.75, 3.05) is 32.3 Å². The van der Waals surface area contributed by atoms with Gasteiger partial charge in [-0.2, -0.15) is 0 Å². The molecule has 1 aromatic carbocycles. The number of rotatable bonds is 9. The van der Waals surface area contributed by atoms with Crippen molar-refractivity contribution in [1.29, 1.82) is 0 Å². The first-order valence-corrected chi connectivity index (χ1v) is 11.8. The summed E-state index contributed by atoms with van der Waals surface area (Å²) in [5, 5.41) is 0. The SMILES string of the molecule is CCOC(=O)[C@H]([C@H](C(=O)OCC)N1C(=O)CC(C)=Nc2ccc(C)cc21)P(=O)(OC)OC. The van der Waals surface area contributed by atoms with Gasteiger partial charge < -0.3 is 18.5 Å². The highest BCUT2D eigenvalue weighted by Gasteiger charge is 2.54. The minimum absolute atomic E-state index is 0.0343. The number of ether oxygens (including phenoxy) is 2. The number of hydrogen-bond donors (Lipinski definition) is 0. The van der Waals surface area contributed by atoms with Crippen LogP contribution in [0.25, 0.3) is 0 Å². The van der Waals surface area contributed by atoms with Crippen molar-refractivity contribution in [2.24, 2.45) is 4.99 Å². The molecule has 11 heteroatoms. The predicted octanol–water partition coefficient (Wildman–Crippen LogP) is 3.17. The van der Waals surface area contributed by atoms with Crippen LogP contribution in [-0.2, 0) is 37.5 Å². The van der Waals surface area contributed by atoms with Crippen molar-refractivity contribution in [2.45, 2.75) is 45.8 Å². The quantitative estimate of drug-likeness (QED) is 0.400. The van der Waals surface area contributed by atoms with Crippen molar-refractivity contribution in [3.8, 4) is 0 Å². The Morgan fingerprint density at radius 1 is 1.09 bits per heavy atom. The van der Waals surface area contributed by atoms with Crippen molar-refractivity contribution >= 4 is 42.5 Å². The van der Waals surface area contributed by atoms with E-state index in [9.17, 15) is 18.9 Å². The number of nitrogens with zero attached hydrogens (tertiary/aromatic N) is 2. The Labute approximate surface area is 187 Å². The molecule has 1 aliphatic heterocycles. The van der Waals surface area contributed by atoms with Crippen LogP contribution in [0.3, 0.4) is 0 Å². The van der Waals surface area contributed by atoms with Crippen LogP contribution in [0.15, 0.2) is 23.2 Å². The largest absolute Gasteiger partial charge is 0.465 e. The fourth-order valence-electron chi connectivity index (χ4n) is 3.47. The Bertz CT molecular complexity index is 953. The standard InChI is InChI=1S/C21H29N2O8P/c1-7-30-20(25)18(19(21(26)31-8-2)32(27,28-5)29-6)23-16-11-13(3)9-10-15(16)22-14(4)12-17(23)24/h9-11,18-19H,7-8,12H2,1-6H3/t18-,19+/m1/s1. The monoisotopic (exact) mass is 468 g/mol. The summed E-state index contributed by atoms with van der Waals surface area (Å²) >= 11 is 0. The average molecular weight is 468 g/mol. The van der Waals surface area contributed by atoms with E-state index >= 15 is 0 Å². The Morgan fingerprint density at radius 3 is 2.25 bits per heavy atom. The highest BCUT2D eigenvalue weighted by molar-refractivity contribution is 7.55. The van der Waals surface area contributed by atoms with Crippen molar-refractivity contribution in [3.63, 3.8) is 0 Å². The Balaban J connectivity index is 2.82. The van der Waals surface area contributed by atoms with Crippen LogP contribution >= 0.6 is 7.60 Å². The first kappa shape index (κ1) is 25.7. The van der Waals surface area contributed by atoms with Gasteiger partial charge in [-0.15, -0.1) is 0 Å². The predicted molar refractivity (Wildman–Crippen MR) is 119 cm³/mol. The van der Waals surface area contributed by atoms with E-state index in [2.05, 4.69) is 4.99 Å². The minimum atomic E-state index is -4.26. The summed E-state index contributed by atoms with van der Waals surface area (Å²) in [6.07, 6.45) is -0.122. The molecule has 0 N–H and O–H groups in total. The summed E-state index contributed by atoms with van der Waals surface area (Å²) in [4.78, 5) is 45.1. The smallest absolute Gasteiger partial charge is 0.347 e. The molecule has 1 aliphatic rings. The lowest BCUT2D eigenvalue weighted by atomic mass is 10.1. The topological polar surface area (TPSA) is 121 Å². The molecule has 2 atom stereocenters. The van der Waals surface area contributed by atoms with Gasteiger partial charge in [0.15, 0.2) is 11.7 Å². The Morgan fingerprint density at radius 2 is 1.69 bits per heavy atom. The molecular formula is C21H29N2O8P. The second-order valence-electron chi connectivity index (χ2n) is 7.08. The average Bonchev–Trinajstić information content (AvgIpc) is 2.86. The van der Waals surface area contributed by atoms with Crippen LogP contribution < -0.4 is 4.90 Å². The van der Waals surface area contributed by atoms with E-state index in [4.69, 9.17) is 18.5 Å². The normalized spacial score (nSPS) is 15.9. The number of benzene rings is 1. The molecular weight excluding hydrogens is 439 g/mol. The number of fused-ring (bicyclic) bond motifs is 1. The molecule has 1 amide bonds. The van der Waals surface area contributed by atoms with Crippen molar-refractivity contribution in [1.82, 2.24) is 0 Å². The second kappa shape index (κ2) is 10.8. The summed E-state index contributed by atoms with van der Waals surface area (Å²) in [6, 6.07) is 3.50. The number of amides is 1. The molecule has 0 saturated heterocycles. The van der Waals surface area contributed by atoms with E-state index in [1.165, 1.54) is 0 Å². The third-order valence-corrected chi connectivity index (χ3v) is 7.05. The molecule has 32 heavy (non-hydrogen) atoms. The summed E-state index contributed by atoms with van der Waals surface area (Å²) < 4.78 is 33.9. The van der Waals surface area contributed by atoms with Gasteiger partial charge in [0.2, 0.25) is 5.91 Å². The number of esters is 2. The maximum absolute atomic E-state index is 13.5. The summed E-state index contributed by atoms with van der Waals surface area (Å²) in [6.45, 7) is 6.55. The fourth-order valence-corrected chi connectivity index (χ4v) is 5.01. The first-order valence-electron chi connectivity index (χ1n) is 10.1. The zero-order chi connectivity index (χ0) is 24.1. The lowest BCUT2D eigenvalue weighted by Crippen LogP contribution is -2.55. The van der Waals surface area contributed by atoms with Gasteiger partial charge in [-0.05, 0) is 45.4 Å². The van der Waals surface area contributed by atoms with Crippen LogP contribution in [0.4, 0.5) is 11.4 Å². The number of carbonyl (C=O) groups excluding carboxylic acids is 3. The second-order valence-corrected chi connectivity index (χ2v) is 9.44. The zero-order valence-corrected chi connectivity index (χ0v) is 20.0. The molecule has 10 nitrogen and oxygen atoms in total. The maximum atomic E-state index is 13.5. The van der Waals surface area contributed by atoms with E-state index in [-0.39, 0.29) is 25.3 Å². The highest BCUT2D eigenvalue weighted by atomic mass is 31.2. The fraction of sp³-hybridized carbons (Fsp3) is 0.524. The lowest BCUT2D eigenvalue weighted by Gasteiger charge is -2.36. The van der Waals surface area contributed by atoms with E-state index in [1.54, 1.807) is 39.0 Å². The van der Waals surface area contributed by atoms with E-state index < -0.39 is 37.1 Å². The van der Waals surface area contributed by atoms with E-state index in [1.807, 2.05) is 6.92 Å². The molecule has 1 aromatic rings. The van der Waals surface area contributed by atoms with E-state index in [0.717, 1.165) is 24.7 Å².